The number of phenols is 5. The minimum absolute atomic E-state index is 0.0272. The molecular formula is C31H24O5. The van der Waals surface area contributed by atoms with Crippen LogP contribution >= 0.6 is 0 Å². The second-order valence-corrected chi connectivity index (χ2v) is 9.37. The number of hydrogen-bond acceptors (Lipinski definition) is 5. The zero-order chi connectivity index (χ0) is 25.0. The van der Waals surface area contributed by atoms with Crippen molar-refractivity contribution in [3.63, 3.8) is 0 Å². The molecule has 0 saturated heterocycles. The molecule has 1 unspecified atom stereocenters. The highest BCUT2D eigenvalue weighted by Gasteiger charge is 2.27. The van der Waals surface area contributed by atoms with E-state index in [9.17, 15) is 25.5 Å². The van der Waals surface area contributed by atoms with Gasteiger partial charge in [-0.3, -0.25) is 0 Å². The van der Waals surface area contributed by atoms with Crippen LogP contribution in [0.4, 0.5) is 0 Å². The fourth-order valence-electron chi connectivity index (χ4n) is 5.51. The molecular weight excluding hydrogens is 452 g/mol. The second-order valence-electron chi connectivity index (χ2n) is 9.37. The Kier molecular flexibility index (Phi) is 5.00. The maximum Gasteiger partial charge on any atom is 0.169 e. The molecule has 178 valence electrons. The predicted molar refractivity (Wildman–Crippen MR) is 142 cm³/mol. The van der Waals surface area contributed by atoms with Crippen LogP contribution in [0.5, 0.6) is 28.7 Å². The van der Waals surface area contributed by atoms with Gasteiger partial charge in [-0.1, -0.05) is 60.7 Å². The van der Waals surface area contributed by atoms with Crippen LogP contribution in [-0.2, 0) is 6.42 Å². The standard InChI is InChI=1S/C31H24O5/c32-26-10-4-9-23-25(16-29(35)31(36)30(23)26)20-12-19(24-15-28(34)27(33)14-21(24)13-20)11-18-7-3-6-17-5-1-2-8-22(17)18/h1-10,13-16,19,32-36H,11-12H2. The lowest BCUT2D eigenvalue weighted by Gasteiger charge is -2.28. The average Bonchev–Trinajstić information content (AvgIpc) is 2.87. The maximum atomic E-state index is 10.5. The van der Waals surface area contributed by atoms with Gasteiger partial charge in [0, 0.05) is 0 Å². The second kappa shape index (κ2) is 8.24. The molecule has 5 N–H and O–H groups in total. The molecule has 36 heavy (non-hydrogen) atoms. The van der Waals surface area contributed by atoms with Crippen molar-refractivity contribution in [2.75, 3.05) is 0 Å². The minimum atomic E-state index is -0.362. The quantitative estimate of drug-likeness (QED) is 0.185. The zero-order valence-corrected chi connectivity index (χ0v) is 19.3. The third kappa shape index (κ3) is 3.48. The highest BCUT2D eigenvalue weighted by Crippen LogP contribution is 2.48. The third-order valence-corrected chi connectivity index (χ3v) is 7.20. The van der Waals surface area contributed by atoms with Crippen LogP contribution in [-0.4, -0.2) is 25.5 Å². The highest BCUT2D eigenvalue weighted by atomic mass is 16.3. The lowest BCUT2D eigenvalue weighted by atomic mass is 9.76. The normalized spacial score (nSPS) is 15.1. The molecule has 6 rings (SSSR count). The third-order valence-electron chi connectivity index (χ3n) is 7.20. The van der Waals surface area contributed by atoms with Crippen molar-refractivity contribution in [3.05, 3.63) is 101 Å². The molecule has 0 spiro atoms. The lowest BCUT2D eigenvalue weighted by Crippen LogP contribution is -2.11. The van der Waals surface area contributed by atoms with Crippen LogP contribution in [0.25, 0.3) is 33.2 Å². The Bertz CT molecular complexity index is 1690. The largest absolute Gasteiger partial charge is 0.507 e. The van der Waals surface area contributed by atoms with E-state index in [1.807, 2.05) is 24.3 Å². The molecule has 0 aromatic heterocycles. The van der Waals surface area contributed by atoms with Crippen LogP contribution in [0.3, 0.4) is 0 Å². The smallest absolute Gasteiger partial charge is 0.169 e. The Morgan fingerprint density at radius 2 is 1.39 bits per heavy atom. The van der Waals surface area contributed by atoms with Crippen molar-refractivity contribution in [1.82, 2.24) is 0 Å². The molecule has 0 heterocycles. The summed E-state index contributed by atoms with van der Waals surface area (Å²) >= 11 is 0. The Balaban J connectivity index is 1.53. The van der Waals surface area contributed by atoms with E-state index in [2.05, 4.69) is 24.3 Å². The molecule has 0 amide bonds. The number of phenolic OH excluding ortho intramolecular Hbond substituents is 5. The SMILES string of the molecule is Oc1cc2c(cc1O)C(Cc1cccc3ccccc13)CC(c1cc(O)c(O)c3c(O)cccc13)=C2. The topological polar surface area (TPSA) is 101 Å². The summed E-state index contributed by atoms with van der Waals surface area (Å²) in [5.74, 6) is -1.18. The number of rotatable bonds is 3. The summed E-state index contributed by atoms with van der Waals surface area (Å²) in [6.07, 6.45) is 3.22. The maximum absolute atomic E-state index is 10.5. The van der Waals surface area contributed by atoms with E-state index in [-0.39, 0.29) is 40.1 Å². The van der Waals surface area contributed by atoms with Crippen molar-refractivity contribution in [2.24, 2.45) is 0 Å². The first-order valence-electron chi connectivity index (χ1n) is 11.8. The van der Waals surface area contributed by atoms with Gasteiger partial charge in [0.2, 0.25) is 0 Å². The predicted octanol–water partition coefficient (Wildman–Crippen LogP) is 6.79. The number of aromatic hydroxyl groups is 5. The molecule has 5 nitrogen and oxygen atoms in total. The Morgan fingerprint density at radius 3 is 2.25 bits per heavy atom. The van der Waals surface area contributed by atoms with Crippen LogP contribution in [0.15, 0.2) is 78.9 Å². The van der Waals surface area contributed by atoms with E-state index in [0.717, 1.165) is 22.1 Å². The molecule has 5 aromatic carbocycles. The van der Waals surface area contributed by atoms with Gasteiger partial charge in [0.1, 0.15) is 5.75 Å². The lowest BCUT2D eigenvalue weighted by molar-refractivity contribution is 0.402. The zero-order valence-electron chi connectivity index (χ0n) is 19.3. The van der Waals surface area contributed by atoms with Crippen molar-refractivity contribution in [1.29, 1.82) is 0 Å². The van der Waals surface area contributed by atoms with Crippen molar-refractivity contribution in [2.45, 2.75) is 18.8 Å². The Hall–Kier alpha value is -4.64. The van der Waals surface area contributed by atoms with Crippen molar-refractivity contribution in [3.8, 4) is 28.7 Å². The van der Waals surface area contributed by atoms with E-state index in [4.69, 9.17) is 0 Å². The fraction of sp³-hybridized carbons (Fsp3) is 0.0968. The van der Waals surface area contributed by atoms with E-state index in [0.29, 0.717) is 23.8 Å². The Morgan fingerprint density at radius 1 is 0.667 bits per heavy atom. The Labute approximate surface area is 207 Å². The first kappa shape index (κ1) is 21.9. The first-order chi connectivity index (χ1) is 17.4. The van der Waals surface area contributed by atoms with Gasteiger partial charge in [-0.25, -0.2) is 0 Å². The molecule has 0 aliphatic heterocycles. The van der Waals surface area contributed by atoms with Gasteiger partial charge in [0.05, 0.1) is 5.39 Å². The number of fused-ring (bicyclic) bond motifs is 3. The summed E-state index contributed by atoms with van der Waals surface area (Å²) in [5.41, 5.74) is 4.46. The van der Waals surface area contributed by atoms with E-state index < -0.39 is 0 Å². The minimum Gasteiger partial charge on any atom is -0.507 e. The molecule has 0 radical (unpaired) electrons. The van der Waals surface area contributed by atoms with E-state index in [1.165, 1.54) is 23.1 Å². The van der Waals surface area contributed by atoms with Crippen LogP contribution in [0, 0.1) is 0 Å². The molecule has 1 aliphatic carbocycles. The summed E-state index contributed by atoms with van der Waals surface area (Å²) in [6.45, 7) is 0. The summed E-state index contributed by atoms with van der Waals surface area (Å²) in [6, 6.07) is 24.1. The van der Waals surface area contributed by atoms with Crippen LogP contribution in [0.1, 0.15) is 34.6 Å². The molecule has 0 fully saturated rings. The van der Waals surface area contributed by atoms with Gasteiger partial charge >= 0.3 is 0 Å². The van der Waals surface area contributed by atoms with Crippen molar-refractivity contribution < 1.29 is 25.5 Å². The molecule has 1 aliphatic rings. The first-order valence-corrected chi connectivity index (χ1v) is 11.8. The van der Waals surface area contributed by atoms with E-state index in [1.54, 1.807) is 24.3 Å². The summed E-state index contributed by atoms with van der Waals surface area (Å²) < 4.78 is 0. The average molecular weight is 477 g/mol. The summed E-state index contributed by atoms with van der Waals surface area (Å²) in [5, 5.41) is 55.0. The summed E-state index contributed by atoms with van der Waals surface area (Å²) in [4.78, 5) is 0. The summed E-state index contributed by atoms with van der Waals surface area (Å²) in [7, 11) is 0. The van der Waals surface area contributed by atoms with Crippen molar-refractivity contribution >= 4 is 33.2 Å². The highest BCUT2D eigenvalue weighted by molar-refractivity contribution is 6.05. The number of allylic oxidation sites excluding steroid dienone is 1. The van der Waals surface area contributed by atoms with E-state index >= 15 is 0 Å². The van der Waals surface area contributed by atoms with Gasteiger partial charge in [0.15, 0.2) is 23.0 Å². The number of hydrogen-bond donors (Lipinski definition) is 5. The van der Waals surface area contributed by atoms with Crippen LogP contribution in [0.2, 0.25) is 0 Å². The molecule has 5 heteroatoms. The molecule has 0 saturated carbocycles. The monoisotopic (exact) mass is 476 g/mol. The molecule has 1 atom stereocenters. The van der Waals surface area contributed by atoms with Gasteiger partial charge < -0.3 is 25.5 Å². The number of benzene rings is 5. The van der Waals surface area contributed by atoms with Crippen LogP contribution < -0.4 is 0 Å². The molecule has 5 aromatic rings. The van der Waals surface area contributed by atoms with Gasteiger partial charge in [0.25, 0.3) is 0 Å². The fourth-order valence-corrected chi connectivity index (χ4v) is 5.51. The van der Waals surface area contributed by atoms with Gasteiger partial charge in [-0.2, -0.15) is 0 Å². The van der Waals surface area contributed by atoms with Gasteiger partial charge in [-0.05, 0) is 87.0 Å². The van der Waals surface area contributed by atoms with Gasteiger partial charge in [-0.15, -0.1) is 0 Å². The molecule has 0 bridgehead atoms.